The first-order valence-electron chi connectivity index (χ1n) is 7.05. The van der Waals surface area contributed by atoms with Gasteiger partial charge < -0.3 is 30.6 Å². The second-order valence-electron chi connectivity index (χ2n) is 5.14. The highest BCUT2D eigenvalue weighted by Gasteiger charge is 2.17. The summed E-state index contributed by atoms with van der Waals surface area (Å²) in [5, 5.41) is 52.4. The lowest BCUT2D eigenvalue weighted by atomic mass is 10.1. The monoisotopic (exact) mass is 378 g/mol. The van der Waals surface area contributed by atoms with Crippen LogP contribution in [0.15, 0.2) is 30.3 Å². The highest BCUT2D eigenvalue weighted by atomic mass is 16.4. The maximum Gasteiger partial charge on any atom is 0.339 e. The molecule has 0 aromatic heterocycles. The lowest BCUT2D eigenvalue weighted by Crippen LogP contribution is -2.03. The number of hydrogen-bond donors (Lipinski definition) is 6. The zero-order valence-corrected chi connectivity index (χ0v) is 13.7. The van der Waals surface area contributed by atoms with E-state index in [0.717, 1.165) is 0 Å². The first-order chi connectivity index (χ1) is 12.5. The van der Waals surface area contributed by atoms with Crippen LogP contribution in [0, 0.1) is 6.92 Å². The van der Waals surface area contributed by atoms with E-state index in [-0.39, 0.29) is 11.1 Å². The van der Waals surface area contributed by atoms with Crippen LogP contribution in [0.1, 0.15) is 47.0 Å². The van der Waals surface area contributed by atoms with Crippen molar-refractivity contribution in [3.63, 3.8) is 0 Å². The van der Waals surface area contributed by atoms with Crippen LogP contribution >= 0.6 is 0 Å². The van der Waals surface area contributed by atoms with Gasteiger partial charge in [-0.25, -0.2) is 19.2 Å². The fourth-order valence-corrected chi connectivity index (χ4v) is 1.96. The van der Waals surface area contributed by atoms with E-state index in [0.29, 0.717) is 17.7 Å². The van der Waals surface area contributed by atoms with E-state index in [9.17, 15) is 19.2 Å². The third-order valence-corrected chi connectivity index (χ3v) is 3.28. The molecular formula is C17H14O10. The lowest BCUT2D eigenvalue weighted by Gasteiger charge is -2.03. The van der Waals surface area contributed by atoms with Crippen molar-refractivity contribution in [3.05, 3.63) is 58.1 Å². The van der Waals surface area contributed by atoms with Crippen LogP contribution in [0.4, 0.5) is 0 Å². The van der Waals surface area contributed by atoms with Gasteiger partial charge in [-0.15, -0.1) is 0 Å². The van der Waals surface area contributed by atoms with Crippen LogP contribution in [0.5, 0.6) is 11.5 Å². The fourth-order valence-electron chi connectivity index (χ4n) is 1.96. The minimum Gasteiger partial charge on any atom is -0.507 e. The molecule has 2 aromatic carbocycles. The highest BCUT2D eigenvalue weighted by molar-refractivity contribution is 5.97. The van der Waals surface area contributed by atoms with E-state index in [2.05, 4.69) is 0 Å². The molecule has 0 aliphatic heterocycles. The molecule has 0 unspecified atom stereocenters. The predicted molar refractivity (Wildman–Crippen MR) is 88.8 cm³/mol. The van der Waals surface area contributed by atoms with Crippen molar-refractivity contribution in [1.82, 2.24) is 0 Å². The Kier molecular flexibility index (Phi) is 6.47. The quantitative estimate of drug-likeness (QED) is 0.428. The Labute approximate surface area is 151 Å². The van der Waals surface area contributed by atoms with Gasteiger partial charge in [0.15, 0.2) is 0 Å². The number of phenols is 2. The summed E-state index contributed by atoms with van der Waals surface area (Å²) in [6.45, 7) is 1.57. The van der Waals surface area contributed by atoms with Crippen molar-refractivity contribution in [2.24, 2.45) is 0 Å². The summed E-state index contributed by atoms with van der Waals surface area (Å²) in [5.74, 6) is -6.40. The largest absolute Gasteiger partial charge is 0.507 e. The molecule has 0 atom stereocenters. The van der Waals surface area contributed by atoms with Crippen molar-refractivity contribution >= 4 is 23.9 Å². The van der Waals surface area contributed by atoms with Crippen LogP contribution in [-0.4, -0.2) is 54.5 Å². The number of carboxylic acid groups (broad SMARTS) is 4. The SMILES string of the molecule is Cc1cc(C(=O)O)ccc1C(=O)O.O=C(O)c1cc(O)c(C(=O)O)cc1O. The molecule has 0 saturated heterocycles. The maximum absolute atomic E-state index is 10.6. The third-order valence-electron chi connectivity index (χ3n) is 3.28. The van der Waals surface area contributed by atoms with Crippen LogP contribution in [0.2, 0.25) is 0 Å². The number of carbonyl (C=O) groups is 4. The summed E-state index contributed by atoms with van der Waals surface area (Å²) in [4.78, 5) is 41.9. The number of benzene rings is 2. The number of rotatable bonds is 4. The van der Waals surface area contributed by atoms with Gasteiger partial charge in [0.05, 0.1) is 11.1 Å². The minimum atomic E-state index is -1.45. The number of aromatic hydroxyl groups is 2. The first kappa shape index (κ1) is 21.0. The molecule has 0 bridgehead atoms. The number of hydrogen-bond acceptors (Lipinski definition) is 6. The molecule has 0 amide bonds. The maximum atomic E-state index is 10.6. The second kappa shape index (κ2) is 8.34. The molecule has 0 heterocycles. The molecule has 0 saturated carbocycles. The Balaban J connectivity index is 0.000000271. The molecular weight excluding hydrogens is 364 g/mol. The van der Waals surface area contributed by atoms with E-state index in [1.54, 1.807) is 6.92 Å². The minimum absolute atomic E-state index is 0.0995. The molecule has 2 aromatic rings. The molecule has 10 nitrogen and oxygen atoms in total. The molecule has 0 radical (unpaired) electrons. The molecule has 0 fully saturated rings. The average Bonchev–Trinajstić information content (AvgIpc) is 2.56. The Bertz CT molecular complexity index is 890. The Morgan fingerprint density at radius 1 is 0.630 bits per heavy atom. The summed E-state index contributed by atoms with van der Waals surface area (Å²) in [6.07, 6.45) is 0. The number of aromatic carboxylic acids is 4. The molecule has 142 valence electrons. The Morgan fingerprint density at radius 3 is 1.33 bits per heavy atom. The molecule has 6 N–H and O–H groups in total. The van der Waals surface area contributed by atoms with E-state index < -0.39 is 46.5 Å². The summed E-state index contributed by atoms with van der Waals surface area (Å²) in [6, 6.07) is 5.27. The van der Waals surface area contributed by atoms with Crippen molar-refractivity contribution in [1.29, 1.82) is 0 Å². The number of carboxylic acids is 4. The van der Waals surface area contributed by atoms with Gasteiger partial charge in [0.2, 0.25) is 0 Å². The first-order valence-corrected chi connectivity index (χ1v) is 7.05. The average molecular weight is 378 g/mol. The van der Waals surface area contributed by atoms with E-state index >= 15 is 0 Å². The summed E-state index contributed by atoms with van der Waals surface area (Å²) < 4.78 is 0. The number of aryl methyl sites for hydroxylation is 1. The fraction of sp³-hybridized carbons (Fsp3) is 0.0588. The summed E-state index contributed by atoms with van der Waals surface area (Å²) >= 11 is 0. The van der Waals surface area contributed by atoms with E-state index in [4.69, 9.17) is 30.6 Å². The van der Waals surface area contributed by atoms with Gasteiger partial charge in [0.1, 0.15) is 22.6 Å². The Morgan fingerprint density at radius 2 is 1.04 bits per heavy atom. The van der Waals surface area contributed by atoms with Crippen LogP contribution in [0.3, 0.4) is 0 Å². The highest BCUT2D eigenvalue weighted by Crippen LogP contribution is 2.27. The van der Waals surface area contributed by atoms with Gasteiger partial charge in [-0.3, -0.25) is 0 Å². The van der Waals surface area contributed by atoms with Crippen LogP contribution in [0.25, 0.3) is 0 Å². The summed E-state index contributed by atoms with van der Waals surface area (Å²) in [5.41, 5.74) is -0.417. The van der Waals surface area contributed by atoms with Gasteiger partial charge >= 0.3 is 23.9 Å². The third kappa shape index (κ3) is 5.19. The molecule has 27 heavy (non-hydrogen) atoms. The molecule has 0 spiro atoms. The van der Waals surface area contributed by atoms with Crippen LogP contribution < -0.4 is 0 Å². The van der Waals surface area contributed by atoms with Gasteiger partial charge in [0.25, 0.3) is 0 Å². The van der Waals surface area contributed by atoms with Crippen molar-refractivity contribution in [2.75, 3.05) is 0 Å². The lowest BCUT2D eigenvalue weighted by molar-refractivity contribution is 0.0675. The standard InChI is InChI=1S/C9H8O4.C8H6O6/c1-5-4-6(8(10)11)2-3-7(5)9(12)13;9-5-1-3(7(11)12)6(10)2-4(5)8(13)14/h2-4H,1H3,(H,10,11)(H,12,13);1-2,9-10H,(H,11,12)(H,13,14). The molecule has 2 rings (SSSR count). The van der Waals surface area contributed by atoms with Crippen molar-refractivity contribution < 1.29 is 49.8 Å². The zero-order chi connectivity index (χ0) is 20.9. The zero-order valence-electron chi connectivity index (χ0n) is 13.7. The topological polar surface area (TPSA) is 190 Å². The smallest absolute Gasteiger partial charge is 0.339 e. The van der Waals surface area contributed by atoms with Gasteiger partial charge in [-0.1, -0.05) is 0 Å². The molecule has 0 aliphatic rings. The van der Waals surface area contributed by atoms with E-state index in [1.807, 2.05) is 0 Å². The van der Waals surface area contributed by atoms with Gasteiger partial charge in [-0.05, 0) is 42.8 Å². The van der Waals surface area contributed by atoms with Crippen molar-refractivity contribution in [2.45, 2.75) is 6.92 Å². The van der Waals surface area contributed by atoms with Crippen molar-refractivity contribution in [3.8, 4) is 11.5 Å². The van der Waals surface area contributed by atoms with Gasteiger partial charge in [0, 0.05) is 0 Å². The van der Waals surface area contributed by atoms with Crippen LogP contribution in [-0.2, 0) is 0 Å². The van der Waals surface area contributed by atoms with E-state index in [1.165, 1.54) is 18.2 Å². The Hall–Kier alpha value is -4.08. The predicted octanol–water partition coefficient (Wildman–Crippen LogP) is 1.89. The normalized spacial score (nSPS) is 9.67. The second-order valence-corrected chi connectivity index (χ2v) is 5.14. The summed E-state index contributed by atoms with van der Waals surface area (Å²) in [7, 11) is 0. The van der Waals surface area contributed by atoms with Gasteiger partial charge in [-0.2, -0.15) is 0 Å². The molecule has 10 heteroatoms. The molecule has 0 aliphatic carbocycles.